The van der Waals surface area contributed by atoms with Crippen LogP contribution in [0, 0.1) is 0 Å². The number of alkyl halides is 4. The number of halogens is 4. The highest BCUT2D eigenvalue weighted by molar-refractivity contribution is 6.56. The van der Waals surface area contributed by atoms with E-state index in [0.29, 0.717) is 6.42 Å². The zero-order chi connectivity index (χ0) is 20.1. The van der Waals surface area contributed by atoms with Crippen molar-refractivity contribution in [1.82, 2.24) is 0 Å². The lowest BCUT2D eigenvalue weighted by Crippen LogP contribution is -2.29. The third kappa shape index (κ3) is 1.97. The van der Waals surface area contributed by atoms with Crippen molar-refractivity contribution in [3.8, 4) is 0 Å². The van der Waals surface area contributed by atoms with Crippen LogP contribution in [0.5, 0.6) is 0 Å². The minimum Gasteiger partial charge on any atom is -0.321 e. The van der Waals surface area contributed by atoms with Gasteiger partial charge in [0.2, 0.25) is 8.91 Å². The zero-order valence-corrected chi connectivity index (χ0v) is 18.2. The summed E-state index contributed by atoms with van der Waals surface area (Å²) in [4.78, 5) is 4.18. The van der Waals surface area contributed by atoms with E-state index in [1.165, 1.54) is 0 Å². The first-order chi connectivity index (χ1) is 13.9. The Hall–Kier alpha value is -1.58. The van der Waals surface area contributed by atoms with Crippen molar-refractivity contribution in [3.05, 3.63) is 96.1 Å². The molecule has 0 aromatic heterocycles. The van der Waals surface area contributed by atoms with E-state index in [-0.39, 0.29) is 0 Å². The van der Waals surface area contributed by atoms with Crippen molar-refractivity contribution in [1.29, 1.82) is 0 Å². The van der Waals surface area contributed by atoms with E-state index in [2.05, 4.69) is 34.1 Å². The molecule has 0 aliphatic carbocycles. The van der Waals surface area contributed by atoms with Crippen LogP contribution in [0.15, 0.2) is 84.9 Å². The van der Waals surface area contributed by atoms with Gasteiger partial charge in [-0.25, -0.2) is 0 Å². The molecule has 0 amide bonds. The van der Waals surface area contributed by atoms with E-state index in [0.717, 1.165) is 22.5 Å². The molecule has 0 spiro atoms. The first kappa shape index (κ1) is 18.2. The second kappa shape index (κ2) is 5.56. The second-order valence-electron chi connectivity index (χ2n) is 7.87. The number of hydrogen-bond donors (Lipinski definition) is 0. The van der Waals surface area contributed by atoms with Gasteiger partial charge in [0, 0.05) is 6.42 Å². The smallest absolute Gasteiger partial charge is 0.219 e. The van der Waals surface area contributed by atoms with E-state index < -0.39 is 20.0 Å². The lowest BCUT2D eigenvalue weighted by Gasteiger charge is -2.24. The fraction of sp³-hybridized carbons (Fsp3) is 0.217. The molecule has 0 bridgehead atoms. The lowest BCUT2D eigenvalue weighted by molar-refractivity contribution is 0.501. The van der Waals surface area contributed by atoms with Gasteiger partial charge in [-0.1, -0.05) is 119 Å². The zero-order valence-electron chi connectivity index (χ0n) is 15.2. The molecule has 2 nitrogen and oxygen atoms in total. The molecule has 2 atom stereocenters. The summed E-state index contributed by atoms with van der Waals surface area (Å²) in [5.41, 5.74) is 2.67. The molecule has 3 aliphatic heterocycles. The van der Waals surface area contributed by atoms with Gasteiger partial charge in [0.25, 0.3) is 0 Å². The Morgan fingerprint density at radius 1 is 0.517 bits per heavy atom. The fourth-order valence-corrected chi connectivity index (χ4v) is 7.04. The summed E-state index contributed by atoms with van der Waals surface area (Å²) >= 11 is 28.1. The SMILES string of the molecule is ClC1(Cl)N2c3ccccc3N3C(Cl)(Cl)[C@@]3(c3ccccc3)C[C@]21c1ccccc1. The summed E-state index contributed by atoms with van der Waals surface area (Å²) in [5, 5.41) is 0. The molecule has 3 aromatic carbocycles. The van der Waals surface area contributed by atoms with Crippen molar-refractivity contribution in [3.63, 3.8) is 0 Å². The van der Waals surface area contributed by atoms with Crippen molar-refractivity contribution in [2.75, 3.05) is 9.80 Å². The number of nitrogens with zero attached hydrogens (tertiary/aromatic N) is 2. The normalized spacial score (nSPS) is 29.9. The summed E-state index contributed by atoms with van der Waals surface area (Å²) in [6, 6.07) is 28.3. The molecule has 0 radical (unpaired) electrons. The summed E-state index contributed by atoms with van der Waals surface area (Å²) in [7, 11) is 0. The Labute approximate surface area is 189 Å². The number of para-hydroxylation sites is 2. The average molecular weight is 462 g/mol. The molecular weight excluding hydrogens is 446 g/mol. The maximum Gasteiger partial charge on any atom is 0.219 e. The summed E-state index contributed by atoms with van der Waals surface area (Å²) in [6.07, 6.45) is 0.558. The molecule has 146 valence electrons. The van der Waals surface area contributed by atoms with E-state index in [4.69, 9.17) is 46.4 Å². The van der Waals surface area contributed by atoms with Gasteiger partial charge in [-0.3, -0.25) is 0 Å². The summed E-state index contributed by atoms with van der Waals surface area (Å²) in [6.45, 7) is 0. The van der Waals surface area contributed by atoms with Gasteiger partial charge in [-0.15, -0.1) is 0 Å². The van der Waals surface area contributed by atoms with Crippen LogP contribution in [0.4, 0.5) is 11.4 Å². The fourth-order valence-electron chi connectivity index (χ4n) is 5.23. The minimum absolute atomic E-state index is 0.558. The molecule has 2 fully saturated rings. The molecule has 6 rings (SSSR count). The number of benzene rings is 3. The van der Waals surface area contributed by atoms with Crippen LogP contribution in [-0.2, 0) is 11.1 Å². The quantitative estimate of drug-likeness (QED) is 0.235. The predicted molar refractivity (Wildman–Crippen MR) is 121 cm³/mol. The van der Waals surface area contributed by atoms with E-state index >= 15 is 0 Å². The molecule has 0 N–H and O–H groups in total. The molecule has 3 aliphatic rings. The predicted octanol–water partition coefficient (Wildman–Crippen LogP) is 6.78. The topological polar surface area (TPSA) is 6.02 Å². The van der Waals surface area contributed by atoms with Gasteiger partial charge < -0.3 is 9.80 Å². The highest BCUT2D eigenvalue weighted by atomic mass is 35.5. The van der Waals surface area contributed by atoms with E-state index in [9.17, 15) is 0 Å². The Morgan fingerprint density at radius 3 is 1.24 bits per heavy atom. The highest BCUT2D eigenvalue weighted by Gasteiger charge is 2.87. The standard InChI is InChI=1S/C23H16Cl4N2/c24-22(25)20(16-9-3-1-4-10-16)15-21(17-11-5-2-6-12-17)23(26,27)29(21)19-14-8-7-13-18(19)28(20)22/h1-14H,15H2/t20-,21+,28?,29?. The lowest BCUT2D eigenvalue weighted by atomic mass is 9.83. The molecule has 3 heterocycles. The Morgan fingerprint density at radius 2 is 0.862 bits per heavy atom. The minimum atomic E-state index is -1.11. The average Bonchev–Trinajstić information content (AvgIpc) is 3.47. The molecule has 3 aromatic rings. The largest absolute Gasteiger partial charge is 0.321 e. The van der Waals surface area contributed by atoms with Crippen molar-refractivity contribution >= 4 is 57.8 Å². The maximum atomic E-state index is 7.02. The van der Waals surface area contributed by atoms with Crippen LogP contribution in [0.2, 0.25) is 0 Å². The van der Waals surface area contributed by atoms with Crippen molar-refractivity contribution in [2.24, 2.45) is 0 Å². The van der Waals surface area contributed by atoms with Gasteiger partial charge in [-0.05, 0) is 23.3 Å². The number of rotatable bonds is 2. The van der Waals surface area contributed by atoms with Crippen LogP contribution in [0.3, 0.4) is 0 Å². The summed E-state index contributed by atoms with van der Waals surface area (Å²) < 4.78 is -2.21. The first-order valence-electron chi connectivity index (χ1n) is 9.45. The summed E-state index contributed by atoms with van der Waals surface area (Å²) in [5.74, 6) is 0. The molecule has 6 heteroatoms. The van der Waals surface area contributed by atoms with Crippen LogP contribution in [0.1, 0.15) is 17.5 Å². The van der Waals surface area contributed by atoms with Crippen LogP contribution in [-0.4, -0.2) is 8.91 Å². The number of fused-ring (bicyclic) bond motifs is 5. The van der Waals surface area contributed by atoms with Crippen molar-refractivity contribution in [2.45, 2.75) is 26.4 Å². The van der Waals surface area contributed by atoms with Gasteiger partial charge in [0.1, 0.15) is 11.1 Å². The Bertz CT molecular complexity index is 1030. The molecular formula is C23H16Cl4N2. The molecule has 0 saturated carbocycles. The Balaban J connectivity index is 1.67. The molecule has 2 saturated heterocycles. The van der Waals surface area contributed by atoms with E-state index in [1.54, 1.807) is 0 Å². The number of anilines is 2. The van der Waals surface area contributed by atoms with Crippen LogP contribution < -0.4 is 9.80 Å². The monoisotopic (exact) mass is 460 g/mol. The van der Waals surface area contributed by atoms with Gasteiger partial charge >= 0.3 is 0 Å². The molecule has 0 unspecified atom stereocenters. The van der Waals surface area contributed by atoms with Gasteiger partial charge in [0.15, 0.2) is 0 Å². The highest BCUT2D eigenvalue weighted by Crippen LogP contribution is 2.80. The third-order valence-electron chi connectivity index (χ3n) is 6.60. The van der Waals surface area contributed by atoms with Gasteiger partial charge in [0.05, 0.1) is 11.4 Å². The molecule has 29 heavy (non-hydrogen) atoms. The van der Waals surface area contributed by atoms with Crippen molar-refractivity contribution < 1.29 is 0 Å². The second-order valence-corrected chi connectivity index (χ2v) is 10.4. The van der Waals surface area contributed by atoms with Gasteiger partial charge in [-0.2, -0.15) is 0 Å². The van der Waals surface area contributed by atoms with Crippen LogP contribution in [0.25, 0.3) is 0 Å². The van der Waals surface area contributed by atoms with E-state index in [1.807, 2.05) is 60.7 Å². The first-order valence-corrected chi connectivity index (χ1v) is 11.0. The third-order valence-corrected chi connectivity index (χ3v) is 8.52. The Kier molecular flexibility index (Phi) is 3.49. The number of hydrogen-bond acceptors (Lipinski definition) is 2. The van der Waals surface area contributed by atoms with Crippen LogP contribution >= 0.6 is 46.4 Å². The maximum absolute atomic E-state index is 7.02.